The van der Waals surface area contributed by atoms with Crippen LogP contribution in [-0.4, -0.2) is 4.98 Å². The molecule has 0 unspecified atom stereocenters. The van der Waals surface area contributed by atoms with E-state index in [0.717, 1.165) is 17.9 Å². The average molecular weight is 212 g/mol. The monoisotopic (exact) mass is 212 g/mol. The van der Waals surface area contributed by atoms with Crippen molar-refractivity contribution >= 4 is 5.69 Å². The number of nitrogens with zero attached hydrogens (tertiary/aromatic N) is 1. The molecular weight excluding hydrogens is 196 g/mol. The molecule has 2 aromatic rings. The van der Waals surface area contributed by atoms with Crippen LogP contribution in [0.25, 0.3) is 0 Å². The van der Waals surface area contributed by atoms with Gasteiger partial charge in [0.25, 0.3) is 0 Å². The Morgan fingerprint density at radius 1 is 1.06 bits per heavy atom. The van der Waals surface area contributed by atoms with Crippen LogP contribution in [0.4, 0.5) is 5.69 Å². The van der Waals surface area contributed by atoms with E-state index in [-0.39, 0.29) is 0 Å². The first-order valence-corrected chi connectivity index (χ1v) is 5.47. The Balaban J connectivity index is 2.03. The van der Waals surface area contributed by atoms with Gasteiger partial charge >= 0.3 is 0 Å². The fourth-order valence-corrected chi connectivity index (χ4v) is 1.55. The van der Waals surface area contributed by atoms with Crippen molar-refractivity contribution in [2.45, 2.75) is 20.4 Å². The first kappa shape index (κ1) is 10.7. The van der Waals surface area contributed by atoms with Crippen LogP contribution in [0.15, 0.2) is 42.6 Å². The molecule has 0 saturated carbocycles. The molecule has 0 saturated heterocycles. The number of anilines is 1. The van der Waals surface area contributed by atoms with Gasteiger partial charge in [0.2, 0.25) is 0 Å². The topological polar surface area (TPSA) is 24.9 Å². The zero-order valence-corrected chi connectivity index (χ0v) is 9.70. The summed E-state index contributed by atoms with van der Waals surface area (Å²) in [6.07, 6.45) is 1.82. The number of rotatable bonds is 3. The summed E-state index contributed by atoms with van der Waals surface area (Å²) in [5, 5.41) is 3.37. The van der Waals surface area contributed by atoms with Crippen LogP contribution in [0.5, 0.6) is 0 Å². The molecule has 0 bridgehead atoms. The minimum atomic E-state index is 0.767. The van der Waals surface area contributed by atoms with Crippen LogP contribution in [0.2, 0.25) is 0 Å². The molecule has 0 spiro atoms. The lowest BCUT2D eigenvalue weighted by atomic mass is 10.1. The van der Waals surface area contributed by atoms with Gasteiger partial charge < -0.3 is 5.32 Å². The smallest absolute Gasteiger partial charge is 0.0594 e. The molecule has 0 amide bonds. The van der Waals surface area contributed by atoms with E-state index in [9.17, 15) is 0 Å². The lowest BCUT2D eigenvalue weighted by Gasteiger charge is -2.08. The maximum atomic E-state index is 4.27. The summed E-state index contributed by atoms with van der Waals surface area (Å²) in [6.45, 7) is 5.02. The Morgan fingerprint density at radius 2 is 1.94 bits per heavy atom. The van der Waals surface area contributed by atoms with Crippen LogP contribution in [-0.2, 0) is 6.54 Å². The van der Waals surface area contributed by atoms with Crippen LogP contribution >= 0.6 is 0 Å². The Bertz CT molecular complexity index is 463. The van der Waals surface area contributed by atoms with Crippen molar-refractivity contribution in [1.82, 2.24) is 4.98 Å². The molecule has 2 nitrogen and oxygen atoms in total. The molecule has 0 fully saturated rings. The summed E-state index contributed by atoms with van der Waals surface area (Å²) in [7, 11) is 0. The maximum Gasteiger partial charge on any atom is 0.0594 e. The summed E-state index contributed by atoms with van der Waals surface area (Å²) >= 11 is 0. The van der Waals surface area contributed by atoms with E-state index in [4.69, 9.17) is 0 Å². The minimum absolute atomic E-state index is 0.767. The first-order chi connectivity index (χ1) is 7.75. The largest absolute Gasteiger partial charge is 0.379 e. The standard InChI is InChI=1S/C14H16N2/c1-11-6-7-13(9-12(11)2)16-10-14-5-3-4-8-15-14/h3-9,16H,10H2,1-2H3. The summed E-state index contributed by atoms with van der Waals surface area (Å²) in [5.74, 6) is 0. The van der Waals surface area contributed by atoms with Gasteiger partial charge in [0.05, 0.1) is 12.2 Å². The summed E-state index contributed by atoms with van der Waals surface area (Å²) in [5.41, 5.74) is 4.84. The highest BCUT2D eigenvalue weighted by Gasteiger charge is 1.96. The molecule has 2 heteroatoms. The van der Waals surface area contributed by atoms with Crippen molar-refractivity contribution in [3.05, 3.63) is 59.4 Å². The highest BCUT2D eigenvalue weighted by Crippen LogP contribution is 2.14. The fourth-order valence-electron chi connectivity index (χ4n) is 1.55. The van der Waals surface area contributed by atoms with Gasteiger partial charge in [0, 0.05) is 11.9 Å². The number of hydrogen-bond acceptors (Lipinski definition) is 2. The molecule has 16 heavy (non-hydrogen) atoms. The molecule has 2 rings (SSSR count). The van der Waals surface area contributed by atoms with Gasteiger partial charge in [-0.15, -0.1) is 0 Å². The highest BCUT2D eigenvalue weighted by atomic mass is 14.9. The molecule has 0 atom stereocenters. The molecule has 0 radical (unpaired) electrons. The summed E-state index contributed by atoms with van der Waals surface area (Å²) in [4.78, 5) is 4.27. The van der Waals surface area contributed by atoms with Crippen molar-refractivity contribution in [3.63, 3.8) is 0 Å². The zero-order chi connectivity index (χ0) is 11.4. The van der Waals surface area contributed by atoms with Crippen LogP contribution in [0.3, 0.4) is 0 Å². The number of benzene rings is 1. The van der Waals surface area contributed by atoms with Crippen LogP contribution < -0.4 is 5.32 Å². The van der Waals surface area contributed by atoms with Crippen LogP contribution in [0, 0.1) is 13.8 Å². The molecule has 82 valence electrons. The number of pyridine rings is 1. The summed E-state index contributed by atoms with van der Waals surface area (Å²) < 4.78 is 0. The van der Waals surface area contributed by atoms with E-state index in [2.05, 4.69) is 42.3 Å². The average Bonchev–Trinajstić information content (AvgIpc) is 2.32. The van der Waals surface area contributed by atoms with Gasteiger partial charge in [0.15, 0.2) is 0 Å². The third-order valence-corrected chi connectivity index (χ3v) is 2.71. The lowest BCUT2D eigenvalue weighted by molar-refractivity contribution is 1.04. The van der Waals surface area contributed by atoms with Crippen molar-refractivity contribution in [3.8, 4) is 0 Å². The Labute approximate surface area is 96.4 Å². The third kappa shape index (κ3) is 2.60. The second kappa shape index (κ2) is 4.79. The van der Waals surface area contributed by atoms with Crippen molar-refractivity contribution in [2.75, 3.05) is 5.32 Å². The Hall–Kier alpha value is -1.83. The second-order valence-electron chi connectivity index (χ2n) is 3.97. The highest BCUT2D eigenvalue weighted by molar-refractivity contribution is 5.48. The molecule has 1 aromatic heterocycles. The fraction of sp³-hybridized carbons (Fsp3) is 0.214. The quantitative estimate of drug-likeness (QED) is 0.844. The number of hydrogen-bond donors (Lipinski definition) is 1. The molecule has 0 aliphatic heterocycles. The van der Waals surface area contributed by atoms with E-state index in [1.165, 1.54) is 11.1 Å². The van der Waals surface area contributed by atoms with E-state index in [1.54, 1.807) is 0 Å². The van der Waals surface area contributed by atoms with Gasteiger partial charge in [-0.25, -0.2) is 0 Å². The van der Waals surface area contributed by atoms with Crippen molar-refractivity contribution in [2.24, 2.45) is 0 Å². The number of aryl methyl sites for hydroxylation is 2. The molecule has 0 aliphatic rings. The predicted octanol–water partition coefficient (Wildman–Crippen LogP) is 3.31. The van der Waals surface area contributed by atoms with Gasteiger partial charge in [0.1, 0.15) is 0 Å². The van der Waals surface area contributed by atoms with Crippen molar-refractivity contribution < 1.29 is 0 Å². The van der Waals surface area contributed by atoms with E-state index >= 15 is 0 Å². The third-order valence-electron chi connectivity index (χ3n) is 2.71. The number of aromatic nitrogens is 1. The Morgan fingerprint density at radius 3 is 2.62 bits per heavy atom. The van der Waals surface area contributed by atoms with E-state index in [0.29, 0.717) is 0 Å². The maximum absolute atomic E-state index is 4.27. The van der Waals surface area contributed by atoms with E-state index in [1.807, 2.05) is 24.4 Å². The lowest BCUT2D eigenvalue weighted by Crippen LogP contribution is -2.01. The second-order valence-corrected chi connectivity index (χ2v) is 3.97. The molecule has 1 heterocycles. The SMILES string of the molecule is Cc1ccc(NCc2ccccn2)cc1C. The minimum Gasteiger partial charge on any atom is -0.379 e. The zero-order valence-electron chi connectivity index (χ0n) is 9.70. The normalized spacial score (nSPS) is 10.1. The predicted molar refractivity (Wildman–Crippen MR) is 67.5 cm³/mol. The molecule has 0 aliphatic carbocycles. The van der Waals surface area contributed by atoms with Gasteiger partial charge in [-0.3, -0.25) is 4.98 Å². The van der Waals surface area contributed by atoms with E-state index < -0.39 is 0 Å². The summed E-state index contributed by atoms with van der Waals surface area (Å²) in [6, 6.07) is 12.4. The first-order valence-electron chi connectivity index (χ1n) is 5.47. The van der Waals surface area contributed by atoms with Crippen LogP contribution in [0.1, 0.15) is 16.8 Å². The number of nitrogens with one attached hydrogen (secondary N) is 1. The molecule has 1 aromatic carbocycles. The molecule has 1 N–H and O–H groups in total. The van der Waals surface area contributed by atoms with Gasteiger partial charge in [-0.2, -0.15) is 0 Å². The van der Waals surface area contributed by atoms with Gasteiger partial charge in [-0.05, 0) is 49.2 Å². The van der Waals surface area contributed by atoms with Crippen molar-refractivity contribution in [1.29, 1.82) is 0 Å². The van der Waals surface area contributed by atoms with Gasteiger partial charge in [-0.1, -0.05) is 12.1 Å². The molecular formula is C14H16N2. The Kier molecular flexibility index (Phi) is 3.20.